The third kappa shape index (κ3) is 4.95. The van der Waals surface area contributed by atoms with E-state index in [4.69, 9.17) is 5.73 Å². The molecule has 1 aromatic rings. The molecule has 3 nitrogen and oxygen atoms in total. The highest BCUT2D eigenvalue weighted by Gasteiger charge is 2.32. The molecule has 1 rings (SSSR count). The van der Waals surface area contributed by atoms with Crippen molar-refractivity contribution in [2.24, 2.45) is 0 Å². The summed E-state index contributed by atoms with van der Waals surface area (Å²) in [6.07, 6.45) is -0.720. The summed E-state index contributed by atoms with van der Waals surface area (Å²) < 4.78 is 38.2. The van der Waals surface area contributed by atoms with Crippen LogP contribution >= 0.6 is 0 Å². The summed E-state index contributed by atoms with van der Waals surface area (Å²) >= 11 is 0. The van der Waals surface area contributed by atoms with Gasteiger partial charge in [-0.1, -0.05) is 32.6 Å². The van der Waals surface area contributed by atoms with Gasteiger partial charge in [0.25, 0.3) is 0 Å². The predicted molar refractivity (Wildman–Crippen MR) is 75.0 cm³/mol. The Bertz CT molecular complexity index is 486. The van der Waals surface area contributed by atoms with E-state index in [2.05, 4.69) is 0 Å². The van der Waals surface area contributed by atoms with E-state index >= 15 is 0 Å². The van der Waals surface area contributed by atoms with Gasteiger partial charge in [-0.15, -0.1) is 0 Å². The van der Waals surface area contributed by atoms with Gasteiger partial charge in [-0.05, 0) is 30.2 Å². The number of benzene rings is 1. The molecule has 0 radical (unpaired) electrons. The predicted octanol–water partition coefficient (Wildman–Crippen LogP) is 4.43. The van der Waals surface area contributed by atoms with Crippen molar-refractivity contribution in [1.82, 2.24) is 0 Å². The molecular weight excluding hydrogens is 283 g/mol. The Morgan fingerprint density at radius 1 is 1.29 bits per heavy atom. The zero-order valence-electron chi connectivity index (χ0n) is 11.9. The molecule has 1 unspecified atom stereocenters. The molecule has 0 aliphatic rings. The highest BCUT2D eigenvalue weighted by atomic mass is 19.4. The summed E-state index contributed by atoms with van der Waals surface area (Å²) in [5.74, 6) is -2.14. The minimum absolute atomic E-state index is 0.0498. The van der Waals surface area contributed by atoms with Crippen molar-refractivity contribution in [3.05, 3.63) is 29.3 Å². The number of carbonyl (C=O) groups is 1. The molecule has 21 heavy (non-hydrogen) atoms. The van der Waals surface area contributed by atoms with Gasteiger partial charge >= 0.3 is 12.1 Å². The Hall–Kier alpha value is -1.72. The number of nitrogen functional groups attached to an aromatic ring is 1. The Kier molecular flexibility index (Phi) is 6.05. The van der Waals surface area contributed by atoms with E-state index in [-0.39, 0.29) is 11.3 Å². The number of aliphatic carboxylic acids is 1. The number of hydrogen-bond acceptors (Lipinski definition) is 2. The lowest BCUT2D eigenvalue weighted by atomic mass is 9.90. The van der Waals surface area contributed by atoms with E-state index in [0.717, 1.165) is 37.5 Å². The molecule has 0 aliphatic heterocycles. The van der Waals surface area contributed by atoms with Gasteiger partial charge in [-0.2, -0.15) is 13.2 Å². The largest absolute Gasteiger partial charge is 0.481 e. The number of nitrogens with two attached hydrogens (primary N) is 1. The van der Waals surface area contributed by atoms with Crippen molar-refractivity contribution < 1.29 is 23.1 Å². The molecule has 0 bridgehead atoms. The first-order chi connectivity index (χ1) is 9.77. The second-order valence-electron chi connectivity index (χ2n) is 5.08. The lowest BCUT2D eigenvalue weighted by molar-refractivity contribution is -0.140. The van der Waals surface area contributed by atoms with Crippen LogP contribution < -0.4 is 5.73 Å². The molecule has 0 spiro atoms. The van der Waals surface area contributed by atoms with Crippen molar-refractivity contribution in [1.29, 1.82) is 0 Å². The van der Waals surface area contributed by atoms with Gasteiger partial charge in [0, 0.05) is 5.69 Å². The Morgan fingerprint density at radius 2 is 1.95 bits per heavy atom. The van der Waals surface area contributed by atoms with E-state index in [1.54, 1.807) is 0 Å². The lowest BCUT2D eigenvalue weighted by Gasteiger charge is -2.17. The smallest absolute Gasteiger partial charge is 0.416 e. The van der Waals surface area contributed by atoms with Crippen LogP contribution in [0.3, 0.4) is 0 Å². The standard InChI is InChI=1S/C15H20F3NO2/c1-2-3-4-5-6-11(14(20)21)12-9-10(15(16,17)18)7-8-13(12)19/h7-9,11H,2-6,19H2,1H3,(H,20,21). The van der Waals surface area contributed by atoms with Crippen molar-refractivity contribution in [3.8, 4) is 0 Å². The molecule has 0 saturated heterocycles. The van der Waals surface area contributed by atoms with Crippen LogP contribution in [0.15, 0.2) is 18.2 Å². The molecule has 1 atom stereocenters. The van der Waals surface area contributed by atoms with Crippen molar-refractivity contribution >= 4 is 11.7 Å². The van der Waals surface area contributed by atoms with Crippen molar-refractivity contribution in [2.75, 3.05) is 5.73 Å². The number of carboxylic acid groups (broad SMARTS) is 1. The van der Waals surface area contributed by atoms with Gasteiger partial charge in [0.05, 0.1) is 11.5 Å². The molecule has 118 valence electrons. The van der Waals surface area contributed by atoms with Gasteiger partial charge in [-0.3, -0.25) is 4.79 Å². The Morgan fingerprint density at radius 3 is 2.48 bits per heavy atom. The zero-order valence-corrected chi connectivity index (χ0v) is 11.9. The number of alkyl halides is 3. The molecule has 6 heteroatoms. The topological polar surface area (TPSA) is 63.3 Å². The number of unbranched alkanes of at least 4 members (excludes halogenated alkanes) is 3. The van der Waals surface area contributed by atoms with Crippen LogP contribution in [0, 0.1) is 0 Å². The lowest BCUT2D eigenvalue weighted by Crippen LogP contribution is -2.15. The number of anilines is 1. The highest BCUT2D eigenvalue weighted by molar-refractivity contribution is 5.78. The first-order valence-electron chi connectivity index (χ1n) is 6.96. The van der Waals surface area contributed by atoms with Crippen LogP contribution in [0.5, 0.6) is 0 Å². The molecular formula is C15H20F3NO2. The van der Waals surface area contributed by atoms with Gasteiger partial charge in [0.2, 0.25) is 0 Å². The van der Waals surface area contributed by atoms with E-state index in [9.17, 15) is 23.1 Å². The van der Waals surface area contributed by atoms with Crippen LogP contribution in [0.25, 0.3) is 0 Å². The molecule has 0 aliphatic carbocycles. The van der Waals surface area contributed by atoms with Crippen LogP contribution in [0.4, 0.5) is 18.9 Å². The fourth-order valence-corrected chi connectivity index (χ4v) is 2.24. The fourth-order valence-electron chi connectivity index (χ4n) is 2.24. The maximum Gasteiger partial charge on any atom is 0.416 e. The second kappa shape index (κ2) is 7.33. The molecule has 0 heterocycles. The third-order valence-electron chi connectivity index (χ3n) is 3.43. The first-order valence-corrected chi connectivity index (χ1v) is 6.96. The quantitative estimate of drug-likeness (QED) is 0.578. The maximum atomic E-state index is 12.7. The Labute approximate surface area is 122 Å². The van der Waals surface area contributed by atoms with Crippen LogP contribution in [0.2, 0.25) is 0 Å². The van der Waals surface area contributed by atoms with E-state index in [0.29, 0.717) is 12.8 Å². The molecule has 0 fully saturated rings. The summed E-state index contributed by atoms with van der Waals surface area (Å²) in [6, 6.07) is 2.85. The number of carboxylic acids is 1. The van der Waals surface area contributed by atoms with E-state index in [1.807, 2.05) is 6.92 Å². The summed E-state index contributed by atoms with van der Waals surface area (Å²) in [4.78, 5) is 11.3. The minimum Gasteiger partial charge on any atom is -0.481 e. The fraction of sp³-hybridized carbons (Fsp3) is 0.533. The molecule has 3 N–H and O–H groups in total. The van der Waals surface area contributed by atoms with Crippen molar-refractivity contribution in [3.63, 3.8) is 0 Å². The summed E-state index contributed by atoms with van der Waals surface area (Å²) in [6.45, 7) is 2.03. The van der Waals surface area contributed by atoms with Crippen molar-refractivity contribution in [2.45, 2.75) is 51.1 Å². The first kappa shape index (κ1) is 17.3. The maximum absolute atomic E-state index is 12.7. The molecule has 0 amide bonds. The average Bonchev–Trinajstić information content (AvgIpc) is 2.38. The summed E-state index contributed by atoms with van der Waals surface area (Å²) in [5.41, 5.74) is 4.94. The summed E-state index contributed by atoms with van der Waals surface area (Å²) in [5, 5.41) is 9.26. The number of rotatable bonds is 7. The van der Waals surface area contributed by atoms with E-state index < -0.39 is 23.6 Å². The number of halogens is 3. The molecule has 1 aromatic carbocycles. The van der Waals surface area contributed by atoms with Gasteiger partial charge < -0.3 is 10.8 Å². The van der Waals surface area contributed by atoms with Crippen LogP contribution in [-0.2, 0) is 11.0 Å². The van der Waals surface area contributed by atoms with Gasteiger partial charge in [0.1, 0.15) is 0 Å². The average molecular weight is 303 g/mol. The molecule has 0 aromatic heterocycles. The minimum atomic E-state index is -4.51. The third-order valence-corrected chi connectivity index (χ3v) is 3.43. The van der Waals surface area contributed by atoms with E-state index in [1.165, 1.54) is 0 Å². The highest BCUT2D eigenvalue weighted by Crippen LogP contribution is 2.35. The van der Waals surface area contributed by atoms with Crippen LogP contribution in [0.1, 0.15) is 56.1 Å². The Balaban J connectivity index is 2.99. The zero-order chi connectivity index (χ0) is 16.0. The molecule has 0 saturated carbocycles. The van der Waals surface area contributed by atoms with Gasteiger partial charge in [0.15, 0.2) is 0 Å². The van der Waals surface area contributed by atoms with Gasteiger partial charge in [-0.25, -0.2) is 0 Å². The normalized spacial score (nSPS) is 13.1. The second-order valence-corrected chi connectivity index (χ2v) is 5.08. The monoisotopic (exact) mass is 303 g/mol. The SMILES string of the molecule is CCCCCCC(C(=O)O)c1cc(C(F)(F)F)ccc1N. The van der Waals surface area contributed by atoms with Crippen LogP contribution in [-0.4, -0.2) is 11.1 Å². The summed E-state index contributed by atoms with van der Waals surface area (Å²) in [7, 11) is 0. The number of hydrogen-bond donors (Lipinski definition) is 2.